The number of hydrogen-bond acceptors (Lipinski definition) is 9. The van der Waals surface area contributed by atoms with Crippen LogP contribution in [0, 0.1) is 10.1 Å². The second kappa shape index (κ2) is 12.2. The molecule has 0 saturated heterocycles. The number of pyridine rings is 1. The van der Waals surface area contributed by atoms with Crippen molar-refractivity contribution >= 4 is 53.1 Å². The third kappa shape index (κ3) is 7.44. The zero-order valence-corrected chi connectivity index (χ0v) is 20.4. The fourth-order valence-corrected chi connectivity index (χ4v) is 5.31. The van der Waals surface area contributed by atoms with Crippen molar-refractivity contribution in [3.05, 3.63) is 51.2 Å². The third-order valence-electron chi connectivity index (χ3n) is 3.92. The maximum Gasteiger partial charge on any atom is 0.417 e. The molecule has 0 amide bonds. The Morgan fingerprint density at radius 2 is 2.03 bits per heavy atom. The van der Waals surface area contributed by atoms with Crippen molar-refractivity contribution in [2.24, 2.45) is 5.16 Å². The van der Waals surface area contributed by atoms with Gasteiger partial charge in [0.25, 0.3) is 5.69 Å². The van der Waals surface area contributed by atoms with E-state index in [1.165, 1.54) is 25.1 Å². The summed E-state index contributed by atoms with van der Waals surface area (Å²) in [6, 6.07) is 4.50. The Morgan fingerprint density at radius 3 is 2.59 bits per heavy atom. The number of esters is 1. The van der Waals surface area contributed by atoms with Crippen molar-refractivity contribution < 1.29 is 36.6 Å². The Labute approximate surface area is 202 Å². The molecule has 0 spiro atoms. The minimum Gasteiger partial charge on any atom is -0.461 e. The molecule has 2 rings (SSSR count). The van der Waals surface area contributed by atoms with Crippen LogP contribution < -0.4 is 10.0 Å². The first-order valence-corrected chi connectivity index (χ1v) is 12.7. The van der Waals surface area contributed by atoms with E-state index in [-0.39, 0.29) is 40.0 Å². The molecule has 0 fully saturated rings. The number of benzene rings is 1. The fourth-order valence-electron chi connectivity index (χ4n) is 2.34. The molecule has 184 valence electrons. The lowest BCUT2D eigenvalue weighted by Gasteiger charge is -2.15. The Kier molecular flexibility index (Phi) is 9.90. The monoisotopic (exact) mass is 539 g/mol. The number of ether oxygens (including phenoxy) is 2. The summed E-state index contributed by atoms with van der Waals surface area (Å²) < 4.78 is 53.9. The Hall–Kier alpha value is -2.63. The first-order valence-electron chi connectivity index (χ1n) is 9.50. The van der Waals surface area contributed by atoms with Crippen LogP contribution in [0.15, 0.2) is 35.6 Å². The van der Waals surface area contributed by atoms with Gasteiger partial charge in [0, 0.05) is 19.4 Å². The predicted octanol–water partition coefficient (Wildman–Crippen LogP) is 6.10. The van der Waals surface area contributed by atoms with Crippen LogP contribution >= 0.6 is 30.4 Å². The maximum absolute atomic E-state index is 12.8. The molecule has 0 saturated carbocycles. The topological polar surface area (TPSA) is 113 Å². The molecule has 0 radical (unpaired) electrons. The molecule has 9 nitrogen and oxygen atoms in total. The minimum atomic E-state index is -4.63. The second-order valence-corrected chi connectivity index (χ2v) is 10.6. The van der Waals surface area contributed by atoms with Crippen molar-refractivity contribution in [1.82, 2.24) is 4.98 Å². The van der Waals surface area contributed by atoms with Crippen molar-refractivity contribution in [2.75, 3.05) is 12.8 Å². The summed E-state index contributed by atoms with van der Waals surface area (Å²) >= 11 is 6.71. The van der Waals surface area contributed by atoms with Crippen LogP contribution in [0.4, 0.5) is 18.9 Å². The number of hydrogen-bond donors (Lipinski definition) is 0. The number of rotatable bonds is 10. The zero-order valence-electron chi connectivity index (χ0n) is 18.0. The Balaban J connectivity index is 2.29. The first-order chi connectivity index (χ1) is 16.0. The number of nitro benzene ring substituents is 1. The molecule has 1 aromatic carbocycles. The molecule has 0 bridgehead atoms. The van der Waals surface area contributed by atoms with E-state index in [0.29, 0.717) is 18.4 Å². The van der Waals surface area contributed by atoms with E-state index in [2.05, 4.69) is 10.1 Å². The smallest absolute Gasteiger partial charge is 0.417 e. The van der Waals surface area contributed by atoms with Gasteiger partial charge in [-0.1, -0.05) is 23.7 Å². The van der Waals surface area contributed by atoms with Crippen LogP contribution in [0.25, 0.3) is 0 Å². The maximum atomic E-state index is 12.8. The van der Waals surface area contributed by atoms with Gasteiger partial charge in [0.2, 0.25) is 5.88 Å². The fraction of sp³-hybridized carbons (Fsp3) is 0.316. The highest BCUT2D eigenvalue weighted by Gasteiger charge is 2.32. The average Bonchev–Trinajstić information content (AvgIpc) is 2.77. The lowest BCUT2D eigenvalue weighted by molar-refractivity contribution is -0.383. The number of oxime groups is 1. The molecule has 34 heavy (non-hydrogen) atoms. The largest absolute Gasteiger partial charge is 0.461 e. The van der Waals surface area contributed by atoms with E-state index in [1.807, 2.05) is 0 Å². The molecule has 1 unspecified atom stereocenters. The SMILES string of the molecule is CCOC(=O)C(C)=NOSP(CC)c1cc(Oc2ncc(C(F)(F)F)cc2Cl)ccc1[N+](=O)[O-]. The van der Waals surface area contributed by atoms with Gasteiger partial charge in [-0.15, -0.1) is 0 Å². The number of carbonyl (C=O) groups is 1. The minimum absolute atomic E-state index is 0.0324. The van der Waals surface area contributed by atoms with Gasteiger partial charge in [-0.3, -0.25) is 10.1 Å². The average molecular weight is 540 g/mol. The quantitative estimate of drug-likeness (QED) is 0.0888. The van der Waals surface area contributed by atoms with Gasteiger partial charge in [0.15, 0.2) is 5.71 Å². The lowest BCUT2D eigenvalue weighted by atomic mass is 10.3. The molecule has 0 aliphatic carbocycles. The van der Waals surface area contributed by atoms with Gasteiger partial charge in [-0.2, -0.15) is 13.2 Å². The Morgan fingerprint density at radius 1 is 1.32 bits per heavy atom. The van der Waals surface area contributed by atoms with Gasteiger partial charge >= 0.3 is 12.1 Å². The number of aromatic nitrogens is 1. The van der Waals surface area contributed by atoms with Crippen LogP contribution in [-0.4, -0.2) is 34.4 Å². The van der Waals surface area contributed by atoms with Crippen LogP contribution in [0.3, 0.4) is 0 Å². The van der Waals surface area contributed by atoms with Crippen LogP contribution in [0.5, 0.6) is 11.6 Å². The van der Waals surface area contributed by atoms with Crippen molar-refractivity contribution in [3.63, 3.8) is 0 Å². The highest BCUT2D eigenvalue weighted by molar-refractivity contribution is 8.55. The van der Waals surface area contributed by atoms with Crippen LogP contribution in [0.1, 0.15) is 26.3 Å². The first kappa shape index (κ1) is 27.6. The standard InChI is InChI=1S/C19H18ClF3N3O6PS/c1-4-30-18(27)11(3)25-32-34-33(5-2)16-9-13(6-7-15(16)26(28)29)31-17-14(20)8-12(10-24-17)19(21,22)23/h6-10H,4-5H2,1-3H3. The van der Waals surface area contributed by atoms with Crippen molar-refractivity contribution in [1.29, 1.82) is 0 Å². The van der Waals surface area contributed by atoms with Gasteiger partial charge in [-0.25, -0.2) is 9.78 Å². The lowest BCUT2D eigenvalue weighted by Crippen LogP contribution is -2.14. The molecular formula is C19H18ClF3N3O6PS. The molecular weight excluding hydrogens is 522 g/mol. The van der Waals surface area contributed by atoms with Crippen molar-refractivity contribution in [2.45, 2.75) is 26.9 Å². The van der Waals surface area contributed by atoms with E-state index in [0.717, 1.165) is 11.7 Å². The van der Waals surface area contributed by atoms with E-state index in [9.17, 15) is 28.1 Å². The molecule has 1 aromatic heterocycles. The van der Waals surface area contributed by atoms with E-state index in [1.54, 1.807) is 13.8 Å². The number of alkyl halides is 3. The summed E-state index contributed by atoms with van der Waals surface area (Å²) in [6.45, 7) is 4.97. The van der Waals surface area contributed by atoms with E-state index < -0.39 is 29.8 Å². The van der Waals surface area contributed by atoms with E-state index in [4.69, 9.17) is 25.4 Å². The van der Waals surface area contributed by atoms with Gasteiger partial charge in [-0.05, 0) is 38.2 Å². The number of halogens is 4. The van der Waals surface area contributed by atoms with Gasteiger partial charge < -0.3 is 13.8 Å². The summed E-state index contributed by atoms with van der Waals surface area (Å²) in [5.74, 6) is -0.886. The van der Waals surface area contributed by atoms with Crippen LogP contribution in [0.2, 0.25) is 5.02 Å². The summed E-state index contributed by atoms with van der Waals surface area (Å²) in [4.78, 5) is 26.2. The van der Waals surface area contributed by atoms with Gasteiger partial charge in [0.05, 0.1) is 22.4 Å². The van der Waals surface area contributed by atoms with Crippen LogP contribution in [-0.2, 0) is 20.0 Å². The molecule has 0 aliphatic rings. The van der Waals surface area contributed by atoms with E-state index >= 15 is 0 Å². The normalized spacial score (nSPS) is 12.7. The van der Waals surface area contributed by atoms with Crippen molar-refractivity contribution in [3.8, 4) is 11.6 Å². The molecule has 0 aliphatic heterocycles. The summed E-state index contributed by atoms with van der Waals surface area (Å²) in [5, 5.41) is 15.1. The van der Waals surface area contributed by atoms with Gasteiger partial charge in [0.1, 0.15) is 22.4 Å². The number of nitro groups is 1. The summed E-state index contributed by atoms with van der Waals surface area (Å²) in [6.07, 6.45) is -3.63. The number of nitrogens with zero attached hydrogens (tertiary/aromatic N) is 3. The summed E-state index contributed by atoms with van der Waals surface area (Å²) in [7, 11) is -1.37. The second-order valence-electron chi connectivity index (χ2n) is 6.26. The molecule has 0 N–H and O–H groups in total. The molecule has 1 atom stereocenters. The molecule has 15 heteroatoms. The number of carbonyl (C=O) groups excluding carboxylic acids is 1. The zero-order chi connectivity index (χ0) is 25.5. The molecule has 2 aromatic rings. The summed E-state index contributed by atoms with van der Waals surface area (Å²) in [5.41, 5.74) is -1.29. The predicted molar refractivity (Wildman–Crippen MR) is 123 cm³/mol. The highest BCUT2D eigenvalue weighted by Crippen LogP contribution is 2.51. The molecule has 1 heterocycles. The highest BCUT2D eigenvalue weighted by atomic mass is 35.5. The third-order valence-corrected chi connectivity index (χ3v) is 8.08. The Bertz CT molecular complexity index is 1090.